The molecule has 0 aromatic carbocycles. The molecule has 2 saturated heterocycles. The molecule has 3 rings (SSSR count). The average Bonchev–Trinajstić information content (AvgIpc) is 3.05. The SMILES string of the molecule is CCC1(COC(=O)C2CC(C(=O)OCC3(CC)COC3)C(C(=O)NCCC[Si](OC)(OC)OC)CC2C(=O)NCCCOC)COC1. The van der Waals surface area contributed by atoms with E-state index in [1.165, 1.54) is 21.3 Å². The number of nitrogens with one attached hydrogen (secondary N) is 2. The Morgan fingerprint density at radius 3 is 1.47 bits per heavy atom. The summed E-state index contributed by atoms with van der Waals surface area (Å²) in [6.07, 6.45) is 2.57. The molecule has 3 aliphatic rings. The van der Waals surface area contributed by atoms with Crippen molar-refractivity contribution < 1.29 is 56.1 Å². The summed E-state index contributed by atoms with van der Waals surface area (Å²) in [5, 5.41) is 5.82. The first-order valence-electron chi connectivity index (χ1n) is 16.7. The van der Waals surface area contributed by atoms with Gasteiger partial charge in [-0.2, -0.15) is 0 Å². The molecule has 0 spiro atoms. The summed E-state index contributed by atoms with van der Waals surface area (Å²) in [5.74, 6) is -5.53. The van der Waals surface area contributed by atoms with Crippen molar-refractivity contribution in [2.45, 2.75) is 58.4 Å². The minimum atomic E-state index is -2.84. The van der Waals surface area contributed by atoms with E-state index in [-0.39, 0.29) is 55.2 Å². The summed E-state index contributed by atoms with van der Waals surface area (Å²) < 4.78 is 43.9. The number of rotatable bonds is 21. The Bertz CT molecular complexity index is 1010. The molecule has 270 valence electrons. The van der Waals surface area contributed by atoms with Crippen molar-refractivity contribution in [3.05, 3.63) is 0 Å². The van der Waals surface area contributed by atoms with Gasteiger partial charge in [-0.25, -0.2) is 0 Å². The number of hydrogen-bond donors (Lipinski definition) is 2. The molecule has 4 atom stereocenters. The monoisotopic (exact) mass is 688 g/mol. The fraction of sp³-hybridized carbons (Fsp3) is 0.875. The number of methoxy groups -OCH3 is 1. The van der Waals surface area contributed by atoms with Gasteiger partial charge in [-0.05, 0) is 38.5 Å². The van der Waals surface area contributed by atoms with Gasteiger partial charge in [0.2, 0.25) is 11.8 Å². The zero-order chi connectivity index (χ0) is 34.5. The minimum absolute atomic E-state index is 0.0154. The molecule has 0 bridgehead atoms. The number of esters is 2. The molecule has 0 radical (unpaired) electrons. The van der Waals surface area contributed by atoms with Crippen molar-refractivity contribution >= 4 is 32.6 Å². The maximum atomic E-state index is 13.8. The number of carbonyl (C=O) groups is 4. The standard InChI is InChI=1S/C32H56N2O12Si/c1-7-31(17-43-18-31)21-45-29(37)25-16-26(30(38)46-22-32(8-2)19-44-20-32)24(15-23(25)27(35)33-11-9-13-39-3)28(36)34-12-10-14-47(40-4,41-5)42-6/h23-26H,7-22H2,1-6H3,(H,33,35)(H,34,36). The second-order valence-corrected chi connectivity index (χ2v) is 16.2. The second kappa shape index (κ2) is 18.6. The van der Waals surface area contributed by atoms with Gasteiger partial charge in [0, 0.05) is 54.2 Å². The van der Waals surface area contributed by atoms with Crippen LogP contribution in [0.2, 0.25) is 6.04 Å². The van der Waals surface area contributed by atoms with Gasteiger partial charge in [-0.3, -0.25) is 19.2 Å². The molecular formula is C32H56N2O12Si. The summed E-state index contributed by atoms with van der Waals surface area (Å²) >= 11 is 0. The summed E-state index contributed by atoms with van der Waals surface area (Å²) in [7, 11) is 3.32. The van der Waals surface area contributed by atoms with Crippen LogP contribution in [0.15, 0.2) is 0 Å². The van der Waals surface area contributed by atoms with Crippen LogP contribution in [-0.2, 0) is 56.1 Å². The molecule has 47 heavy (non-hydrogen) atoms. The van der Waals surface area contributed by atoms with Gasteiger partial charge < -0.3 is 47.6 Å². The van der Waals surface area contributed by atoms with Crippen molar-refractivity contribution in [3.8, 4) is 0 Å². The lowest BCUT2D eigenvalue weighted by atomic mass is 9.67. The number of carbonyl (C=O) groups excluding carboxylic acids is 4. The molecule has 4 unspecified atom stereocenters. The lowest BCUT2D eigenvalue weighted by Crippen LogP contribution is -2.52. The van der Waals surface area contributed by atoms with E-state index in [0.29, 0.717) is 58.5 Å². The molecule has 2 aliphatic heterocycles. The Labute approximate surface area is 279 Å². The quantitative estimate of drug-likeness (QED) is 0.102. The fourth-order valence-corrected chi connectivity index (χ4v) is 8.01. The molecule has 2 heterocycles. The van der Waals surface area contributed by atoms with Crippen molar-refractivity contribution in [1.82, 2.24) is 10.6 Å². The van der Waals surface area contributed by atoms with Gasteiger partial charge in [0.05, 0.1) is 60.9 Å². The zero-order valence-electron chi connectivity index (χ0n) is 29.0. The Balaban J connectivity index is 1.80. The number of ether oxygens (including phenoxy) is 5. The molecule has 0 aromatic heterocycles. The van der Waals surface area contributed by atoms with Gasteiger partial charge in [0.25, 0.3) is 0 Å². The second-order valence-electron chi connectivity index (χ2n) is 13.1. The smallest absolute Gasteiger partial charge is 0.465 e. The first-order valence-corrected chi connectivity index (χ1v) is 18.7. The minimum Gasteiger partial charge on any atom is -0.465 e. The van der Waals surface area contributed by atoms with Crippen LogP contribution in [0, 0.1) is 34.5 Å². The molecule has 2 N–H and O–H groups in total. The molecule has 2 amide bonds. The van der Waals surface area contributed by atoms with E-state index in [9.17, 15) is 19.2 Å². The Morgan fingerprint density at radius 2 is 1.11 bits per heavy atom. The van der Waals surface area contributed by atoms with E-state index in [2.05, 4.69) is 10.6 Å². The highest BCUT2D eigenvalue weighted by molar-refractivity contribution is 6.60. The first kappa shape index (κ1) is 39.3. The molecule has 15 heteroatoms. The molecule has 3 fully saturated rings. The van der Waals surface area contributed by atoms with Crippen LogP contribution in [0.4, 0.5) is 0 Å². The van der Waals surface area contributed by atoms with Crippen molar-refractivity contribution in [2.24, 2.45) is 34.5 Å². The van der Waals surface area contributed by atoms with Crippen LogP contribution in [0.5, 0.6) is 0 Å². The van der Waals surface area contributed by atoms with Crippen LogP contribution >= 0.6 is 0 Å². The van der Waals surface area contributed by atoms with Crippen molar-refractivity contribution in [1.29, 1.82) is 0 Å². The lowest BCUT2D eigenvalue weighted by molar-refractivity contribution is -0.184. The Morgan fingerprint density at radius 1 is 0.681 bits per heavy atom. The van der Waals surface area contributed by atoms with Crippen LogP contribution < -0.4 is 10.6 Å². The fourth-order valence-electron chi connectivity index (χ4n) is 6.29. The van der Waals surface area contributed by atoms with Crippen molar-refractivity contribution in [2.75, 3.05) is 87.8 Å². The molecule has 14 nitrogen and oxygen atoms in total. The number of amides is 2. The predicted molar refractivity (Wildman–Crippen MR) is 171 cm³/mol. The Hall–Kier alpha value is -2.14. The van der Waals surface area contributed by atoms with Crippen LogP contribution in [-0.4, -0.2) is 120 Å². The lowest BCUT2D eigenvalue weighted by Gasteiger charge is -2.42. The average molecular weight is 689 g/mol. The van der Waals surface area contributed by atoms with Gasteiger partial charge in [0.15, 0.2) is 0 Å². The highest BCUT2D eigenvalue weighted by Crippen LogP contribution is 2.42. The molecule has 1 saturated carbocycles. The normalized spacial score (nSPS) is 24.7. The third-order valence-corrected chi connectivity index (χ3v) is 13.0. The van der Waals surface area contributed by atoms with E-state index >= 15 is 0 Å². The zero-order valence-corrected chi connectivity index (χ0v) is 30.0. The summed E-state index contributed by atoms with van der Waals surface area (Å²) in [6, 6.07) is 0.471. The van der Waals surface area contributed by atoms with E-state index in [4.69, 9.17) is 37.0 Å². The highest BCUT2D eigenvalue weighted by atomic mass is 28.4. The van der Waals surface area contributed by atoms with Gasteiger partial charge in [0.1, 0.15) is 13.2 Å². The largest absolute Gasteiger partial charge is 0.500 e. The third kappa shape index (κ3) is 10.2. The topological polar surface area (TPSA) is 166 Å². The summed E-state index contributed by atoms with van der Waals surface area (Å²) in [4.78, 5) is 54.7. The predicted octanol–water partition coefficient (Wildman–Crippen LogP) is 1.72. The van der Waals surface area contributed by atoms with E-state index in [1.807, 2.05) is 13.8 Å². The maximum absolute atomic E-state index is 13.8. The van der Waals surface area contributed by atoms with Gasteiger partial charge in [-0.15, -0.1) is 0 Å². The first-order chi connectivity index (χ1) is 22.6. The van der Waals surface area contributed by atoms with Crippen LogP contribution in [0.3, 0.4) is 0 Å². The molecular weight excluding hydrogens is 632 g/mol. The van der Waals surface area contributed by atoms with Crippen molar-refractivity contribution in [3.63, 3.8) is 0 Å². The van der Waals surface area contributed by atoms with Gasteiger partial charge >= 0.3 is 20.7 Å². The Kier molecular flexibility index (Phi) is 15.5. The number of hydrogen-bond acceptors (Lipinski definition) is 12. The van der Waals surface area contributed by atoms with E-state index in [0.717, 1.165) is 12.8 Å². The van der Waals surface area contributed by atoms with Crippen LogP contribution in [0.25, 0.3) is 0 Å². The third-order valence-electron chi connectivity index (χ3n) is 10.2. The summed E-state index contributed by atoms with van der Waals surface area (Å²) in [6.45, 7) is 7.39. The van der Waals surface area contributed by atoms with Crippen LogP contribution in [0.1, 0.15) is 52.4 Å². The van der Waals surface area contributed by atoms with Gasteiger partial charge in [-0.1, -0.05) is 13.8 Å². The summed E-state index contributed by atoms with van der Waals surface area (Å²) in [5.41, 5.74) is -0.512. The molecule has 1 aliphatic carbocycles. The maximum Gasteiger partial charge on any atom is 0.500 e. The highest BCUT2D eigenvalue weighted by Gasteiger charge is 2.51. The van der Waals surface area contributed by atoms with E-state index < -0.39 is 44.4 Å². The van der Waals surface area contributed by atoms with E-state index in [1.54, 1.807) is 7.11 Å². The molecule has 0 aromatic rings.